The van der Waals surface area contributed by atoms with Crippen molar-refractivity contribution in [3.63, 3.8) is 0 Å². The normalized spacial score (nSPS) is 10.2. The van der Waals surface area contributed by atoms with E-state index in [4.69, 9.17) is 4.74 Å². The van der Waals surface area contributed by atoms with Gasteiger partial charge in [-0.25, -0.2) is 0 Å². The Morgan fingerprint density at radius 2 is 1.88 bits per heavy atom. The number of amides is 1. The third-order valence-corrected chi connectivity index (χ3v) is 3.77. The Morgan fingerprint density at radius 3 is 2.54 bits per heavy atom. The van der Waals surface area contributed by atoms with Gasteiger partial charge < -0.3 is 10.1 Å². The largest absolute Gasteiger partial charge is 0.457 e. The smallest absolute Gasteiger partial charge is 0.306 e. The molecule has 0 fully saturated rings. The van der Waals surface area contributed by atoms with E-state index in [1.807, 2.05) is 0 Å². The van der Waals surface area contributed by atoms with Gasteiger partial charge in [0.25, 0.3) is 0 Å². The number of hydrogen-bond donors (Lipinski definition) is 1. The lowest BCUT2D eigenvalue weighted by molar-refractivity contribution is -0.142. The summed E-state index contributed by atoms with van der Waals surface area (Å²) in [5, 5.41) is 11.4. The van der Waals surface area contributed by atoms with E-state index >= 15 is 0 Å². The number of carbonyl (C=O) groups is 3. The van der Waals surface area contributed by atoms with Crippen LogP contribution in [0.5, 0.6) is 0 Å². The fraction of sp³-hybridized carbons (Fsp3) is 0.312. The van der Waals surface area contributed by atoms with Crippen LogP contribution in [0.1, 0.15) is 34.6 Å². The molecule has 8 heteroatoms. The fourth-order valence-corrected chi connectivity index (χ4v) is 2.46. The zero-order valence-electron chi connectivity index (χ0n) is 13.2. The number of carbonyl (C=O) groups excluding carboxylic acids is 3. The fourth-order valence-electron chi connectivity index (χ4n) is 1.85. The quantitative estimate of drug-likeness (QED) is 0.581. The summed E-state index contributed by atoms with van der Waals surface area (Å²) in [7, 11) is 0. The van der Waals surface area contributed by atoms with Crippen LogP contribution in [0.4, 0.5) is 5.13 Å². The highest BCUT2D eigenvalue weighted by atomic mass is 32.1. The number of hydrogen-bond acceptors (Lipinski definition) is 7. The molecule has 126 valence electrons. The highest BCUT2D eigenvalue weighted by Gasteiger charge is 2.11. The van der Waals surface area contributed by atoms with Gasteiger partial charge in [-0.1, -0.05) is 41.7 Å². The first kappa shape index (κ1) is 17.7. The highest BCUT2D eigenvalue weighted by molar-refractivity contribution is 7.15. The SMILES string of the molecule is Cc1nnc(NC(=O)CCCC(=O)OCC(=O)c2ccccc2)s1. The zero-order chi connectivity index (χ0) is 17.4. The summed E-state index contributed by atoms with van der Waals surface area (Å²) >= 11 is 1.28. The third kappa shape index (κ3) is 5.88. The van der Waals surface area contributed by atoms with Crippen LogP contribution in [0, 0.1) is 6.92 Å². The van der Waals surface area contributed by atoms with E-state index in [0.29, 0.717) is 17.1 Å². The van der Waals surface area contributed by atoms with Crippen molar-refractivity contribution in [1.82, 2.24) is 10.2 Å². The number of benzene rings is 1. The lowest BCUT2D eigenvalue weighted by atomic mass is 10.1. The molecule has 24 heavy (non-hydrogen) atoms. The Hall–Kier alpha value is -2.61. The van der Waals surface area contributed by atoms with Gasteiger partial charge in [0.15, 0.2) is 12.4 Å². The van der Waals surface area contributed by atoms with Gasteiger partial charge in [-0.05, 0) is 13.3 Å². The van der Waals surface area contributed by atoms with Crippen LogP contribution in [0.15, 0.2) is 30.3 Å². The molecule has 0 aliphatic carbocycles. The van der Waals surface area contributed by atoms with E-state index in [1.54, 1.807) is 37.3 Å². The summed E-state index contributed by atoms with van der Waals surface area (Å²) < 4.78 is 4.92. The molecule has 0 saturated carbocycles. The second kappa shape index (κ2) is 8.88. The molecule has 0 unspecified atom stereocenters. The molecule has 0 aliphatic heterocycles. The molecule has 0 atom stereocenters. The van der Waals surface area contributed by atoms with Crippen LogP contribution in [-0.4, -0.2) is 34.5 Å². The monoisotopic (exact) mass is 347 g/mol. The molecule has 0 radical (unpaired) electrons. The maximum absolute atomic E-state index is 11.8. The molecule has 1 heterocycles. The number of esters is 1. The van der Waals surface area contributed by atoms with Crippen molar-refractivity contribution in [2.24, 2.45) is 0 Å². The van der Waals surface area contributed by atoms with Gasteiger partial charge in [0.05, 0.1) is 0 Å². The van der Waals surface area contributed by atoms with E-state index in [2.05, 4.69) is 15.5 Å². The average Bonchev–Trinajstić information content (AvgIpc) is 2.98. The average molecular weight is 347 g/mol. The molecule has 2 rings (SSSR count). The van der Waals surface area contributed by atoms with Crippen LogP contribution in [0.3, 0.4) is 0 Å². The Kier molecular flexibility index (Phi) is 6.56. The predicted molar refractivity (Wildman–Crippen MR) is 88.9 cm³/mol. The summed E-state index contributed by atoms with van der Waals surface area (Å²) in [6.07, 6.45) is 0.576. The van der Waals surface area contributed by atoms with Crippen molar-refractivity contribution < 1.29 is 19.1 Å². The zero-order valence-corrected chi connectivity index (χ0v) is 14.0. The van der Waals surface area contributed by atoms with Crippen molar-refractivity contribution in [2.45, 2.75) is 26.2 Å². The van der Waals surface area contributed by atoms with Gasteiger partial charge in [0.2, 0.25) is 11.0 Å². The van der Waals surface area contributed by atoms with Gasteiger partial charge in [-0.15, -0.1) is 10.2 Å². The number of rotatable bonds is 8. The second-order valence-electron chi connectivity index (χ2n) is 4.98. The van der Waals surface area contributed by atoms with Gasteiger partial charge >= 0.3 is 5.97 Å². The summed E-state index contributed by atoms with van der Waals surface area (Å²) in [4.78, 5) is 35.1. The van der Waals surface area contributed by atoms with E-state index in [-0.39, 0.29) is 31.1 Å². The van der Waals surface area contributed by atoms with Crippen molar-refractivity contribution in [3.8, 4) is 0 Å². The van der Waals surface area contributed by atoms with Crippen molar-refractivity contribution in [2.75, 3.05) is 11.9 Å². The molecule has 2 aromatic rings. The summed E-state index contributed by atoms with van der Waals surface area (Å²) in [5.41, 5.74) is 0.497. The third-order valence-electron chi connectivity index (χ3n) is 3.02. The molecular formula is C16H17N3O4S. The minimum atomic E-state index is -0.501. The lowest BCUT2D eigenvalue weighted by Crippen LogP contribution is -2.15. The molecule has 1 N–H and O–H groups in total. The van der Waals surface area contributed by atoms with E-state index < -0.39 is 5.97 Å². The van der Waals surface area contributed by atoms with Gasteiger partial charge in [-0.2, -0.15) is 0 Å². The molecule has 0 saturated heterocycles. The minimum absolute atomic E-state index is 0.0740. The number of Topliss-reactive ketones (excluding diaryl/α,β-unsaturated/α-hetero) is 1. The van der Waals surface area contributed by atoms with E-state index in [0.717, 1.165) is 5.01 Å². The molecule has 0 aliphatic rings. The Bertz CT molecular complexity index is 715. The van der Waals surface area contributed by atoms with Crippen molar-refractivity contribution >= 4 is 34.1 Å². The molecule has 0 spiro atoms. The van der Waals surface area contributed by atoms with Crippen molar-refractivity contribution in [3.05, 3.63) is 40.9 Å². The van der Waals surface area contributed by atoms with E-state index in [9.17, 15) is 14.4 Å². The molecule has 0 bridgehead atoms. The molecular weight excluding hydrogens is 330 g/mol. The van der Waals surface area contributed by atoms with Crippen LogP contribution in [0.2, 0.25) is 0 Å². The Labute approximate surface area is 143 Å². The minimum Gasteiger partial charge on any atom is -0.457 e. The number of nitrogens with zero attached hydrogens (tertiary/aromatic N) is 2. The van der Waals surface area contributed by atoms with E-state index in [1.165, 1.54) is 11.3 Å². The molecule has 7 nitrogen and oxygen atoms in total. The maximum Gasteiger partial charge on any atom is 0.306 e. The lowest BCUT2D eigenvalue weighted by Gasteiger charge is -2.04. The summed E-state index contributed by atoms with van der Waals surface area (Å²) in [6.45, 7) is 1.50. The molecule has 1 aromatic heterocycles. The topological polar surface area (TPSA) is 98.2 Å². The maximum atomic E-state index is 11.8. The number of aryl methyl sites for hydroxylation is 1. The van der Waals surface area contributed by atoms with Gasteiger partial charge in [-0.3, -0.25) is 14.4 Å². The first-order valence-corrected chi connectivity index (χ1v) is 8.20. The standard InChI is InChI=1S/C16H17N3O4S/c1-11-18-19-16(24-11)17-14(21)8-5-9-15(22)23-10-13(20)12-6-3-2-4-7-12/h2-4,6-7H,5,8-10H2,1H3,(H,17,19,21). The number of nitrogens with one attached hydrogen (secondary N) is 1. The number of ketones is 1. The molecule has 1 aromatic carbocycles. The van der Waals surface area contributed by atoms with Gasteiger partial charge in [0, 0.05) is 18.4 Å². The van der Waals surface area contributed by atoms with Gasteiger partial charge in [0.1, 0.15) is 5.01 Å². The number of aromatic nitrogens is 2. The number of ether oxygens (including phenoxy) is 1. The van der Waals surface area contributed by atoms with Crippen LogP contribution in [0.25, 0.3) is 0 Å². The summed E-state index contributed by atoms with van der Waals surface area (Å²) in [6, 6.07) is 8.61. The highest BCUT2D eigenvalue weighted by Crippen LogP contribution is 2.14. The molecule has 1 amide bonds. The van der Waals surface area contributed by atoms with Crippen molar-refractivity contribution in [1.29, 1.82) is 0 Å². The first-order valence-electron chi connectivity index (χ1n) is 7.38. The Balaban J connectivity index is 1.62. The van der Waals surface area contributed by atoms with Crippen LogP contribution >= 0.6 is 11.3 Å². The first-order chi connectivity index (χ1) is 11.5. The second-order valence-corrected chi connectivity index (χ2v) is 6.16. The number of anilines is 1. The van der Waals surface area contributed by atoms with Crippen LogP contribution < -0.4 is 5.32 Å². The van der Waals surface area contributed by atoms with Crippen LogP contribution in [-0.2, 0) is 14.3 Å². The summed E-state index contributed by atoms with van der Waals surface area (Å²) in [5.74, 6) is -0.994. The predicted octanol–water partition coefficient (Wildman–Crippen LogP) is 2.38. The Morgan fingerprint density at radius 1 is 1.12 bits per heavy atom.